The summed E-state index contributed by atoms with van der Waals surface area (Å²) in [5.74, 6) is 0. The molecular weight excluding hydrogens is 258 g/mol. The van der Waals surface area contributed by atoms with Crippen molar-refractivity contribution in [3.8, 4) is 0 Å². The second kappa shape index (κ2) is 4.02. The fourth-order valence-corrected chi connectivity index (χ4v) is 1.89. The second-order valence-electron chi connectivity index (χ2n) is 3.25. The topological polar surface area (TPSA) is 39.8 Å². The lowest BCUT2D eigenvalue weighted by atomic mass is 10.2. The van der Waals surface area contributed by atoms with Crippen LogP contribution in [-0.4, -0.2) is 14.3 Å². The van der Waals surface area contributed by atoms with Crippen LogP contribution in [0, 0.1) is 0 Å². The quantitative estimate of drug-likeness (QED) is 0.825. The molecule has 0 unspecified atom stereocenters. The average Bonchev–Trinajstić information content (AvgIpc) is 2.47. The van der Waals surface area contributed by atoms with Crippen molar-refractivity contribution in [3.63, 3.8) is 0 Å². The highest BCUT2D eigenvalue weighted by atomic mass is 79.9. The van der Waals surface area contributed by atoms with E-state index in [4.69, 9.17) is 0 Å². The Labute approximate surface area is 95.3 Å². The Morgan fingerprint density at radius 1 is 1.33 bits per heavy atom. The van der Waals surface area contributed by atoms with Gasteiger partial charge in [-0.25, -0.2) is 9.48 Å². The van der Waals surface area contributed by atoms with Gasteiger partial charge in [-0.2, -0.15) is 0 Å². The summed E-state index contributed by atoms with van der Waals surface area (Å²) in [5, 5.41) is 3.99. The number of hydrogen-bond acceptors (Lipinski definition) is 2. The highest BCUT2D eigenvalue weighted by Gasteiger charge is 2.07. The molecule has 0 saturated carbocycles. The molecule has 78 valence electrons. The van der Waals surface area contributed by atoms with Crippen molar-refractivity contribution >= 4 is 15.9 Å². The number of halogens is 1. The molecular formula is C10H10BrN3O. The van der Waals surface area contributed by atoms with Gasteiger partial charge in [-0.05, 0) is 21.5 Å². The predicted molar refractivity (Wildman–Crippen MR) is 60.7 cm³/mol. The molecule has 2 rings (SSSR count). The van der Waals surface area contributed by atoms with Crippen molar-refractivity contribution in [1.82, 2.24) is 14.3 Å². The van der Waals surface area contributed by atoms with Crippen molar-refractivity contribution in [2.24, 2.45) is 7.05 Å². The summed E-state index contributed by atoms with van der Waals surface area (Å²) < 4.78 is 3.45. The maximum Gasteiger partial charge on any atom is 0.346 e. The molecule has 0 spiro atoms. The lowest BCUT2D eigenvalue weighted by Crippen LogP contribution is -2.23. The molecule has 0 aliphatic carbocycles. The van der Waals surface area contributed by atoms with E-state index in [0.717, 1.165) is 5.56 Å². The van der Waals surface area contributed by atoms with Crippen LogP contribution in [0.3, 0.4) is 0 Å². The Balaban J connectivity index is 2.37. The minimum absolute atomic E-state index is 0.120. The van der Waals surface area contributed by atoms with E-state index in [0.29, 0.717) is 11.3 Å². The van der Waals surface area contributed by atoms with E-state index in [1.54, 1.807) is 11.6 Å². The first kappa shape index (κ1) is 10.2. The first-order valence-corrected chi connectivity index (χ1v) is 5.31. The molecule has 0 saturated heterocycles. The van der Waals surface area contributed by atoms with E-state index in [1.807, 2.05) is 30.3 Å². The van der Waals surface area contributed by atoms with Crippen LogP contribution in [0.1, 0.15) is 5.56 Å². The molecule has 5 heteroatoms. The van der Waals surface area contributed by atoms with Gasteiger partial charge in [0.2, 0.25) is 4.73 Å². The van der Waals surface area contributed by atoms with Gasteiger partial charge in [0.25, 0.3) is 0 Å². The van der Waals surface area contributed by atoms with E-state index >= 15 is 0 Å². The second-order valence-corrected chi connectivity index (χ2v) is 3.96. The molecule has 2 aromatic rings. The SMILES string of the molecule is Cn1nc(Br)n(Cc2ccccc2)c1=O. The normalized spacial score (nSPS) is 10.5. The molecule has 0 aliphatic rings. The van der Waals surface area contributed by atoms with Crippen LogP contribution in [0.15, 0.2) is 39.9 Å². The monoisotopic (exact) mass is 267 g/mol. The van der Waals surface area contributed by atoms with Crippen LogP contribution in [0.5, 0.6) is 0 Å². The van der Waals surface area contributed by atoms with Crippen LogP contribution in [0.4, 0.5) is 0 Å². The molecule has 0 aliphatic heterocycles. The summed E-state index contributed by atoms with van der Waals surface area (Å²) in [7, 11) is 1.63. The molecule has 0 atom stereocenters. The van der Waals surface area contributed by atoms with Gasteiger partial charge in [0, 0.05) is 7.05 Å². The number of aromatic nitrogens is 3. The first-order chi connectivity index (χ1) is 7.18. The van der Waals surface area contributed by atoms with E-state index in [-0.39, 0.29) is 5.69 Å². The minimum Gasteiger partial charge on any atom is -0.265 e. The van der Waals surface area contributed by atoms with E-state index < -0.39 is 0 Å². The van der Waals surface area contributed by atoms with Crippen LogP contribution >= 0.6 is 15.9 Å². The van der Waals surface area contributed by atoms with E-state index in [9.17, 15) is 4.79 Å². The fourth-order valence-electron chi connectivity index (χ4n) is 1.37. The number of aryl methyl sites for hydroxylation is 1. The molecule has 4 nitrogen and oxygen atoms in total. The Kier molecular flexibility index (Phi) is 2.73. The van der Waals surface area contributed by atoms with Crippen molar-refractivity contribution in [1.29, 1.82) is 0 Å². The van der Waals surface area contributed by atoms with Crippen LogP contribution in [0.25, 0.3) is 0 Å². The smallest absolute Gasteiger partial charge is 0.265 e. The number of nitrogens with zero attached hydrogens (tertiary/aromatic N) is 3. The summed E-state index contributed by atoms with van der Waals surface area (Å²) in [6, 6.07) is 9.80. The fraction of sp³-hybridized carbons (Fsp3) is 0.200. The number of hydrogen-bond donors (Lipinski definition) is 0. The largest absolute Gasteiger partial charge is 0.346 e. The van der Waals surface area contributed by atoms with Gasteiger partial charge in [-0.1, -0.05) is 30.3 Å². The van der Waals surface area contributed by atoms with Crippen molar-refractivity contribution < 1.29 is 0 Å². The van der Waals surface area contributed by atoms with Crippen LogP contribution in [-0.2, 0) is 13.6 Å². The van der Waals surface area contributed by atoms with E-state index in [2.05, 4.69) is 21.0 Å². The molecule has 1 aromatic carbocycles. The molecule has 0 N–H and O–H groups in total. The zero-order valence-corrected chi connectivity index (χ0v) is 9.81. The van der Waals surface area contributed by atoms with Gasteiger partial charge >= 0.3 is 5.69 Å². The third-order valence-electron chi connectivity index (χ3n) is 2.15. The van der Waals surface area contributed by atoms with Gasteiger partial charge in [-0.15, -0.1) is 5.10 Å². The summed E-state index contributed by atoms with van der Waals surface area (Å²) in [5.41, 5.74) is 0.957. The molecule has 1 heterocycles. The Morgan fingerprint density at radius 2 is 2.00 bits per heavy atom. The maximum absolute atomic E-state index is 11.6. The van der Waals surface area contributed by atoms with Crippen LogP contribution in [0.2, 0.25) is 0 Å². The molecule has 15 heavy (non-hydrogen) atoms. The third kappa shape index (κ3) is 2.02. The predicted octanol–water partition coefficient (Wildman–Crippen LogP) is 1.39. The van der Waals surface area contributed by atoms with Crippen molar-refractivity contribution in [3.05, 3.63) is 51.1 Å². The summed E-state index contributed by atoms with van der Waals surface area (Å²) in [4.78, 5) is 11.6. The third-order valence-corrected chi connectivity index (χ3v) is 2.73. The van der Waals surface area contributed by atoms with Crippen LogP contribution < -0.4 is 5.69 Å². The molecule has 1 aromatic heterocycles. The standard InChI is InChI=1S/C10H10BrN3O/c1-13-10(15)14(9(11)12-13)7-8-5-3-2-4-6-8/h2-6H,7H2,1H3. The van der Waals surface area contributed by atoms with E-state index in [1.165, 1.54) is 4.68 Å². The lowest BCUT2D eigenvalue weighted by molar-refractivity contribution is 0.690. The summed E-state index contributed by atoms with van der Waals surface area (Å²) >= 11 is 3.26. The average molecular weight is 268 g/mol. The van der Waals surface area contributed by atoms with Crippen molar-refractivity contribution in [2.75, 3.05) is 0 Å². The van der Waals surface area contributed by atoms with Gasteiger partial charge < -0.3 is 0 Å². The first-order valence-electron chi connectivity index (χ1n) is 4.52. The highest BCUT2D eigenvalue weighted by molar-refractivity contribution is 9.10. The van der Waals surface area contributed by atoms with Gasteiger partial charge in [0.15, 0.2) is 0 Å². The number of benzene rings is 1. The zero-order valence-electron chi connectivity index (χ0n) is 8.22. The molecule has 0 radical (unpaired) electrons. The van der Waals surface area contributed by atoms with Gasteiger partial charge in [-0.3, -0.25) is 4.57 Å². The Morgan fingerprint density at radius 3 is 2.53 bits per heavy atom. The lowest BCUT2D eigenvalue weighted by Gasteiger charge is -2.01. The Bertz CT molecular complexity index is 515. The zero-order chi connectivity index (χ0) is 10.8. The number of rotatable bonds is 2. The summed E-state index contributed by atoms with van der Waals surface area (Å²) in [6.45, 7) is 0.536. The highest BCUT2D eigenvalue weighted by Crippen LogP contribution is 2.06. The molecule has 0 amide bonds. The van der Waals surface area contributed by atoms with Gasteiger partial charge in [0.1, 0.15) is 0 Å². The Hall–Kier alpha value is -1.36. The maximum atomic E-state index is 11.6. The minimum atomic E-state index is -0.120. The summed E-state index contributed by atoms with van der Waals surface area (Å²) in [6.07, 6.45) is 0. The van der Waals surface area contributed by atoms with Crippen molar-refractivity contribution in [2.45, 2.75) is 6.54 Å². The van der Waals surface area contributed by atoms with Gasteiger partial charge in [0.05, 0.1) is 6.54 Å². The molecule has 0 fully saturated rings. The molecule has 0 bridgehead atoms.